The van der Waals surface area contributed by atoms with Gasteiger partial charge in [-0.15, -0.1) is 11.3 Å². The highest BCUT2D eigenvalue weighted by atomic mass is 32.1. The predicted molar refractivity (Wildman–Crippen MR) is 90.9 cm³/mol. The fourth-order valence-electron chi connectivity index (χ4n) is 2.28. The van der Waals surface area contributed by atoms with Crippen LogP contribution in [0, 0.1) is 5.92 Å². The number of rotatable bonds is 12. The van der Waals surface area contributed by atoms with Gasteiger partial charge in [-0.1, -0.05) is 39.2 Å². The fraction of sp³-hybridized carbons (Fsp3) is 0.765. The SMILES string of the molecule is CCCCC(CC)COCC(O)CN[C@@H](C)c1cccs1. The van der Waals surface area contributed by atoms with Crippen LogP contribution < -0.4 is 5.32 Å². The first-order valence-corrected chi connectivity index (χ1v) is 9.07. The lowest BCUT2D eigenvalue weighted by atomic mass is 10.0. The summed E-state index contributed by atoms with van der Waals surface area (Å²) in [7, 11) is 0. The molecule has 2 N–H and O–H groups in total. The molecule has 0 saturated heterocycles. The number of hydrogen-bond donors (Lipinski definition) is 2. The van der Waals surface area contributed by atoms with E-state index in [2.05, 4.69) is 43.6 Å². The van der Waals surface area contributed by atoms with Crippen LogP contribution in [0.15, 0.2) is 17.5 Å². The van der Waals surface area contributed by atoms with Gasteiger partial charge in [-0.25, -0.2) is 0 Å². The van der Waals surface area contributed by atoms with E-state index < -0.39 is 6.10 Å². The number of hydrogen-bond acceptors (Lipinski definition) is 4. The van der Waals surface area contributed by atoms with E-state index in [4.69, 9.17) is 4.74 Å². The first-order chi connectivity index (χ1) is 10.2. The second-order valence-corrected chi connectivity index (χ2v) is 6.73. The van der Waals surface area contributed by atoms with Gasteiger partial charge in [0.1, 0.15) is 0 Å². The second-order valence-electron chi connectivity index (χ2n) is 5.75. The van der Waals surface area contributed by atoms with Gasteiger partial charge >= 0.3 is 0 Å². The Morgan fingerprint density at radius 2 is 2.14 bits per heavy atom. The monoisotopic (exact) mass is 313 g/mol. The van der Waals surface area contributed by atoms with Crippen LogP contribution in [0.5, 0.6) is 0 Å². The van der Waals surface area contributed by atoms with Gasteiger partial charge < -0.3 is 15.2 Å². The average Bonchev–Trinajstić information content (AvgIpc) is 3.02. The third kappa shape index (κ3) is 7.96. The summed E-state index contributed by atoms with van der Waals surface area (Å²) in [4.78, 5) is 1.30. The Morgan fingerprint density at radius 3 is 2.76 bits per heavy atom. The van der Waals surface area contributed by atoms with Crippen molar-refractivity contribution in [1.29, 1.82) is 0 Å². The van der Waals surface area contributed by atoms with Crippen LogP contribution in [0.1, 0.15) is 57.4 Å². The van der Waals surface area contributed by atoms with Crippen molar-refractivity contribution in [3.05, 3.63) is 22.4 Å². The van der Waals surface area contributed by atoms with Gasteiger partial charge in [0.05, 0.1) is 12.7 Å². The first-order valence-electron chi connectivity index (χ1n) is 8.19. The molecule has 1 rings (SSSR count). The van der Waals surface area contributed by atoms with Gasteiger partial charge in [-0.3, -0.25) is 0 Å². The minimum absolute atomic E-state index is 0.285. The van der Waals surface area contributed by atoms with Gasteiger partial charge in [0.25, 0.3) is 0 Å². The van der Waals surface area contributed by atoms with Gasteiger partial charge in [-0.2, -0.15) is 0 Å². The number of nitrogens with one attached hydrogen (secondary N) is 1. The van der Waals surface area contributed by atoms with Crippen molar-refractivity contribution in [2.75, 3.05) is 19.8 Å². The van der Waals surface area contributed by atoms with E-state index in [9.17, 15) is 5.11 Å². The maximum absolute atomic E-state index is 9.97. The smallest absolute Gasteiger partial charge is 0.0897 e. The molecule has 1 aromatic heterocycles. The zero-order valence-corrected chi connectivity index (χ0v) is 14.5. The predicted octanol–water partition coefficient (Wildman–Crippen LogP) is 3.99. The summed E-state index contributed by atoms with van der Waals surface area (Å²) in [5.41, 5.74) is 0. The van der Waals surface area contributed by atoms with Crippen molar-refractivity contribution in [1.82, 2.24) is 5.32 Å². The molecule has 0 amide bonds. The van der Waals surface area contributed by atoms with Crippen molar-refractivity contribution in [3.8, 4) is 0 Å². The summed E-state index contributed by atoms with van der Waals surface area (Å²) in [6, 6.07) is 4.46. The van der Waals surface area contributed by atoms with Crippen LogP contribution in [0.25, 0.3) is 0 Å². The Morgan fingerprint density at radius 1 is 1.33 bits per heavy atom. The van der Waals surface area contributed by atoms with Crippen molar-refractivity contribution in [2.45, 2.75) is 58.6 Å². The van der Waals surface area contributed by atoms with E-state index in [0.717, 1.165) is 13.0 Å². The van der Waals surface area contributed by atoms with E-state index in [0.29, 0.717) is 19.1 Å². The molecule has 1 heterocycles. The molecular formula is C17H31NO2S. The number of aliphatic hydroxyl groups is 1. The van der Waals surface area contributed by atoms with Crippen LogP contribution in [0.4, 0.5) is 0 Å². The molecule has 0 spiro atoms. The van der Waals surface area contributed by atoms with Gasteiger partial charge in [-0.05, 0) is 30.7 Å². The number of ether oxygens (including phenoxy) is 1. The zero-order chi connectivity index (χ0) is 15.5. The average molecular weight is 314 g/mol. The maximum atomic E-state index is 9.97. The summed E-state index contributed by atoms with van der Waals surface area (Å²) < 4.78 is 5.68. The van der Waals surface area contributed by atoms with Crippen LogP contribution in [0.3, 0.4) is 0 Å². The highest BCUT2D eigenvalue weighted by Crippen LogP contribution is 2.18. The zero-order valence-electron chi connectivity index (χ0n) is 13.7. The summed E-state index contributed by atoms with van der Waals surface area (Å²) in [5, 5.41) is 15.4. The summed E-state index contributed by atoms with van der Waals surface area (Å²) in [5.74, 6) is 0.634. The molecule has 0 radical (unpaired) electrons. The number of aliphatic hydroxyl groups excluding tert-OH is 1. The Bertz CT molecular complexity index is 343. The lowest BCUT2D eigenvalue weighted by molar-refractivity contribution is 0.0185. The summed E-state index contributed by atoms with van der Waals surface area (Å²) in [6.07, 6.45) is 4.46. The Balaban J connectivity index is 2.11. The summed E-state index contributed by atoms with van der Waals surface area (Å²) >= 11 is 1.74. The highest BCUT2D eigenvalue weighted by molar-refractivity contribution is 7.10. The Labute approximate surface area is 133 Å². The molecule has 3 nitrogen and oxygen atoms in total. The van der Waals surface area contributed by atoms with Crippen molar-refractivity contribution in [2.24, 2.45) is 5.92 Å². The van der Waals surface area contributed by atoms with Crippen molar-refractivity contribution in [3.63, 3.8) is 0 Å². The number of thiophene rings is 1. The maximum Gasteiger partial charge on any atom is 0.0897 e. The minimum Gasteiger partial charge on any atom is -0.389 e. The molecule has 2 unspecified atom stereocenters. The van der Waals surface area contributed by atoms with E-state index in [-0.39, 0.29) is 6.04 Å². The third-order valence-electron chi connectivity index (χ3n) is 3.84. The molecule has 0 saturated carbocycles. The molecule has 3 atom stereocenters. The molecule has 4 heteroatoms. The first kappa shape index (κ1) is 18.6. The van der Waals surface area contributed by atoms with Gasteiger partial charge in [0, 0.05) is 24.1 Å². The Hall–Kier alpha value is -0.420. The minimum atomic E-state index is -0.434. The molecule has 1 aromatic rings. The number of unbranched alkanes of at least 4 members (excludes halogenated alkanes) is 1. The molecule has 122 valence electrons. The van der Waals surface area contributed by atoms with Crippen molar-refractivity contribution >= 4 is 11.3 Å². The normalized spacial score (nSPS) is 15.8. The topological polar surface area (TPSA) is 41.5 Å². The largest absolute Gasteiger partial charge is 0.389 e. The summed E-state index contributed by atoms with van der Waals surface area (Å²) in [6.45, 7) is 8.32. The molecule has 0 bridgehead atoms. The molecule has 21 heavy (non-hydrogen) atoms. The van der Waals surface area contributed by atoms with E-state index in [1.54, 1.807) is 11.3 Å². The van der Waals surface area contributed by atoms with E-state index in [1.165, 1.54) is 24.1 Å². The van der Waals surface area contributed by atoms with Gasteiger partial charge in [0.15, 0.2) is 0 Å². The van der Waals surface area contributed by atoms with Crippen molar-refractivity contribution < 1.29 is 9.84 Å². The van der Waals surface area contributed by atoms with Crippen LogP contribution in [-0.4, -0.2) is 31.0 Å². The lowest BCUT2D eigenvalue weighted by Gasteiger charge is -2.18. The van der Waals surface area contributed by atoms with Crippen LogP contribution in [0.2, 0.25) is 0 Å². The van der Waals surface area contributed by atoms with Gasteiger partial charge in [0.2, 0.25) is 0 Å². The molecule has 0 aromatic carbocycles. The molecular weight excluding hydrogens is 282 g/mol. The molecule has 0 fully saturated rings. The highest BCUT2D eigenvalue weighted by Gasteiger charge is 2.11. The fourth-order valence-corrected chi connectivity index (χ4v) is 3.04. The van der Waals surface area contributed by atoms with E-state index >= 15 is 0 Å². The second kappa shape index (κ2) is 11.2. The molecule has 0 aliphatic rings. The van der Waals surface area contributed by atoms with Crippen LogP contribution in [-0.2, 0) is 4.74 Å². The lowest BCUT2D eigenvalue weighted by Crippen LogP contribution is -2.32. The Kier molecular flexibility index (Phi) is 9.92. The van der Waals surface area contributed by atoms with Crippen LogP contribution >= 0.6 is 11.3 Å². The van der Waals surface area contributed by atoms with E-state index in [1.807, 2.05) is 0 Å². The third-order valence-corrected chi connectivity index (χ3v) is 4.89. The molecule has 0 aliphatic carbocycles. The quantitative estimate of drug-likeness (QED) is 0.613. The molecule has 0 aliphatic heterocycles. The standard InChI is InChI=1S/C17H31NO2S/c1-4-6-8-15(5-2)12-20-13-16(19)11-18-14(3)17-9-7-10-21-17/h7,9-10,14-16,18-19H,4-6,8,11-13H2,1-3H3/t14-,15?,16?/m0/s1.